The Hall–Kier alpha value is -3.82. The van der Waals surface area contributed by atoms with Crippen LogP contribution in [-0.4, -0.2) is 76.1 Å². The number of hydrogen-bond acceptors (Lipinski definition) is 8. The van der Waals surface area contributed by atoms with Crippen LogP contribution < -0.4 is 10.2 Å². The normalized spacial score (nSPS) is 15.2. The van der Waals surface area contributed by atoms with Gasteiger partial charge in [0.1, 0.15) is 12.1 Å². The summed E-state index contributed by atoms with van der Waals surface area (Å²) in [6.07, 6.45) is 5.03. The van der Waals surface area contributed by atoms with E-state index in [0.717, 1.165) is 55.1 Å². The molecule has 1 fully saturated rings. The van der Waals surface area contributed by atoms with E-state index >= 15 is 0 Å². The number of hydrogen-bond donors (Lipinski definition) is 1. The van der Waals surface area contributed by atoms with Crippen molar-refractivity contribution < 1.29 is 4.74 Å². The zero-order valence-corrected chi connectivity index (χ0v) is 19.4. The molecule has 0 unspecified atom stereocenters. The van der Waals surface area contributed by atoms with E-state index in [1.165, 1.54) is 11.9 Å². The number of rotatable bonds is 7. The molecule has 2 aromatic heterocycles. The summed E-state index contributed by atoms with van der Waals surface area (Å²) in [6.45, 7) is 5.48. The number of hydrazone groups is 1. The fourth-order valence-electron chi connectivity index (χ4n) is 4.01. The minimum absolute atomic E-state index is 0.599. The molecule has 5 rings (SSSR count). The van der Waals surface area contributed by atoms with Crippen LogP contribution in [0.15, 0.2) is 66.2 Å². The third-order valence-corrected chi connectivity index (χ3v) is 6.03. The SMILES string of the molecule is COc1cccc(-n2ncc3c(NN=Cc4ccc(CN5CCN(C)CC5)cc4)ncnc32)c1. The van der Waals surface area contributed by atoms with Crippen LogP contribution in [0.4, 0.5) is 5.82 Å². The molecule has 0 bridgehead atoms. The molecule has 0 atom stereocenters. The second kappa shape index (κ2) is 9.98. The van der Waals surface area contributed by atoms with Crippen molar-refractivity contribution in [3.63, 3.8) is 0 Å². The first kappa shape index (κ1) is 22.0. The van der Waals surface area contributed by atoms with Gasteiger partial charge in [-0.3, -0.25) is 10.3 Å². The highest BCUT2D eigenvalue weighted by molar-refractivity contribution is 5.88. The number of likely N-dealkylation sites (N-methyl/N-ethyl adjacent to an activating group) is 1. The second-order valence-electron chi connectivity index (χ2n) is 8.41. The van der Waals surface area contributed by atoms with E-state index in [4.69, 9.17) is 4.74 Å². The first-order valence-electron chi connectivity index (χ1n) is 11.3. The molecule has 1 saturated heterocycles. The van der Waals surface area contributed by atoms with Crippen LogP contribution in [0.2, 0.25) is 0 Å². The minimum atomic E-state index is 0.599. The molecule has 0 spiro atoms. The van der Waals surface area contributed by atoms with Crippen molar-refractivity contribution in [2.75, 3.05) is 45.8 Å². The van der Waals surface area contributed by atoms with Crippen molar-refractivity contribution in [1.82, 2.24) is 29.5 Å². The molecule has 9 heteroatoms. The van der Waals surface area contributed by atoms with Crippen molar-refractivity contribution in [1.29, 1.82) is 0 Å². The van der Waals surface area contributed by atoms with Crippen molar-refractivity contribution >= 4 is 23.1 Å². The Labute approximate surface area is 198 Å². The maximum absolute atomic E-state index is 5.32. The van der Waals surface area contributed by atoms with Gasteiger partial charge in [0.25, 0.3) is 0 Å². The van der Waals surface area contributed by atoms with E-state index < -0.39 is 0 Å². The molecule has 1 aliphatic rings. The average molecular weight is 457 g/mol. The van der Waals surface area contributed by atoms with Crippen molar-refractivity contribution in [3.05, 3.63) is 72.2 Å². The van der Waals surface area contributed by atoms with Gasteiger partial charge in [-0.05, 0) is 30.3 Å². The molecule has 3 heterocycles. The lowest BCUT2D eigenvalue weighted by molar-refractivity contribution is 0.148. The molecule has 34 heavy (non-hydrogen) atoms. The van der Waals surface area contributed by atoms with E-state index in [-0.39, 0.29) is 0 Å². The Morgan fingerprint density at radius 2 is 1.88 bits per heavy atom. The Morgan fingerprint density at radius 3 is 2.68 bits per heavy atom. The maximum atomic E-state index is 5.32. The molecule has 0 saturated carbocycles. The van der Waals surface area contributed by atoms with Gasteiger partial charge in [0.2, 0.25) is 0 Å². The summed E-state index contributed by atoms with van der Waals surface area (Å²) in [7, 11) is 3.82. The molecule has 0 aliphatic carbocycles. The number of aromatic nitrogens is 4. The average Bonchev–Trinajstić information content (AvgIpc) is 3.32. The monoisotopic (exact) mass is 456 g/mol. The summed E-state index contributed by atoms with van der Waals surface area (Å²) in [5.41, 5.74) is 6.92. The first-order valence-corrected chi connectivity index (χ1v) is 11.3. The highest BCUT2D eigenvalue weighted by Crippen LogP contribution is 2.23. The van der Waals surface area contributed by atoms with Gasteiger partial charge in [-0.25, -0.2) is 14.6 Å². The van der Waals surface area contributed by atoms with Crippen LogP contribution in [0.25, 0.3) is 16.7 Å². The van der Waals surface area contributed by atoms with Gasteiger partial charge < -0.3 is 9.64 Å². The number of nitrogens with zero attached hydrogens (tertiary/aromatic N) is 7. The summed E-state index contributed by atoms with van der Waals surface area (Å²) in [6, 6.07) is 16.2. The summed E-state index contributed by atoms with van der Waals surface area (Å²) in [5, 5.41) is 9.66. The maximum Gasteiger partial charge on any atom is 0.168 e. The predicted octanol–water partition coefficient (Wildman–Crippen LogP) is 3.02. The van der Waals surface area contributed by atoms with Crippen molar-refractivity contribution in [3.8, 4) is 11.4 Å². The van der Waals surface area contributed by atoms with Gasteiger partial charge in [-0.1, -0.05) is 30.3 Å². The molecule has 0 amide bonds. The van der Waals surface area contributed by atoms with Crippen molar-refractivity contribution in [2.24, 2.45) is 5.10 Å². The predicted molar refractivity (Wildman–Crippen MR) is 134 cm³/mol. The van der Waals surface area contributed by atoms with Gasteiger partial charge in [-0.15, -0.1) is 0 Å². The number of nitrogens with one attached hydrogen (secondary N) is 1. The molecular formula is C25H28N8O. The van der Waals surface area contributed by atoms with Crippen LogP contribution in [0, 0.1) is 0 Å². The molecule has 1 N–H and O–H groups in total. The summed E-state index contributed by atoms with van der Waals surface area (Å²) >= 11 is 0. The third kappa shape index (κ3) is 4.90. The summed E-state index contributed by atoms with van der Waals surface area (Å²) in [4.78, 5) is 13.6. The zero-order chi connectivity index (χ0) is 23.3. The lowest BCUT2D eigenvalue weighted by Gasteiger charge is -2.32. The smallest absolute Gasteiger partial charge is 0.168 e. The van der Waals surface area contributed by atoms with Crippen LogP contribution in [0.1, 0.15) is 11.1 Å². The lowest BCUT2D eigenvalue weighted by Crippen LogP contribution is -2.43. The first-order chi connectivity index (χ1) is 16.7. The number of ether oxygens (including phenoxy) is 1. The second-order valence-corrected chi connectivity index (χ2v) is 8.41. The van der Waals surface area contributed by atoms with Crippen LogP contribution in [0.5, 0.6) is 5.75 Å². The number of anilines is 1. The molecule has 2 aromatic carbocycles. The van der Waals surface area contributed by atoms with Gasteiger partial charge >= 0.3 is 0 Å². The molecule has 0 radical (unpaired) electrons. The van der Waals surface area contributed by atoms with E-state index in [1.54, 1.807) is 24.2 Å². The van der Waals surface area contributed by atoms with E-state index in [9.17, 15) is 0 Å². The standard InChI is InChI=1S/C25H28N8O/c1-31-10-12-32(13-11-31)17-20-8-6-19(7-9-20)15-28-30-24-23-16-29-33(25(23)27-18-26-24)21-4-3-5-22(14-21)34-2/h3-9,14-16,18H,10-13,17H2,1-2H3,(H,26,27,30). The Kier molecular flexibility index (Phi) is 6.46. The van der Waals surface area contributed by atoms with E-state index in [2.05, 4.69) is 66.7 Å². The molecule has 1 aliphatic heterocycles. The van der Waals surface area contributed by atoms with Crippen LogP contribution >= 0.6 is 0 Å². The molecule has 174 valence electrons. The topological polar surface area (TPSA) is 83.7 Å². The third-order valence-electron chi connectivity index (χ3n) is 6.03. The Balaban J connectivity index is 1.26. The number of fused-ring (bicyclic) bond motifs is 1. The quantitative estimate of drug-likeness (QED) is 0.338. The van der Waals surface area contributed by atoms with E-state index in [1.807, 2.05) is 24.3 Å². The largest absolute Gasteiger partial charge is 0.497 e. The van der Waals surface area contributed by atoms with Gasteiger partial charge in [0, 0.05) is 38.8 Å². The van der Waals surface area contributed by atoms with Gasteiger partial charge in [-0.2, -0.15) is 10.2 Å². The number of benzene rings is 2. The van der Waals surface area contributed by atoms with Gasteiger partial charge in [0.05, 0.1) is 30.6 Å². The fraction of sp³-hybridized carbons (Fsp3) is 0.280. The Bertz CT molecular complexity index is 1280. The lowest BCUT2D eigenvalue weighted by atomic mass is 10.1. The number of methoxy groups -OCH3 is 1. The minimum Gasteiger partial charge on any atom is -0.497 e. The van der Waals surface area contributed by atoms with Crippen LogP contribution in [-0.2, 0) is 6.54 Å². The summed E-state index contributed by atoms with van der Waals surface area (Å²) in [5.74, 6) is 1.36. The fourth-order valence-corrected chi connectivity index (χ4v) is 4.01. The highest BCUT2D eigenvalue weighted by atomic mass is 16.5. The molecule has 4 aromatic rings. The van der Waals surface area contributed by atoms with Gasteiger partial charge in [0.15, 0.2) is 11.5 Å². The Morgan fingerprint density at radius 1 is 1.06 bits per heavy atom. The van der Waals surface area contributed by atoms with Crippen molar-refractivity contribution in [2.45, 2.75) is 6.54 Å². The highest BCUT2D eigenvalue weighted by Gasteiger charge is 2.14. The zero-order valence-electron chi connectivity index (χ0n) is 19.4. The van der Waals surface area contributed by atoms with Crippen LogP contribution in [0.3, 0.4) is 0 Å². The van der Waals surface area contributed by atoms with E-state index in [0.29, 0.717) is 11.5 Å². The summed E-state index contributed by atoms with van der Waals surface area (Å²) < 4.78 is 7.08. The molecule has 9 nitrogen and oxygen atoms in total. The molecular weight excluding hydrogens is 428 g/mol. The number of piperazine rings is 1.